The van der Waals surface area contributed by atoms with Gasteiger partial charge in [-0.15, -0.1) is 0 Å². The molecule has 2 amide bonds. The SMILES string of the molecule is CC(C)CC(CNC(=O)NCc1ccnn1C)CC(=O)O. The van der Waals surface area contributed by atoms with Gasteiger partial charge in [0, 0.05) is 26.2 Å². The van der Waals surface area contributed by atoms with Crippen molar-refractivity contribution in [3.8, 4) is 0 Å². The predicted molar refractivity (Wildman–Crippen MR) is 78.6 cm³/mol. The van der Waals surface area contributed by atoms with Crippen LogP contribution in [0.1, 0.15) is 32.4 Å². The summed E-state index contributed by atoms with van der Waals surface area (Å²) in [6, 6.07) is 1.53. The van der Waals surface area contributed by atoms with Crippen molar-refractivity contribution in [2.45, 2.75) is 33.2 Å². The topological polar surface area (TPSA) is 96.3 Å². The van der Waals surface area contributed by atoms with E-state index >= 15 is 0 Å². The molecule has 0 bridgehead atoms. The molecular formula is C14H24N4O3. The van der Waals surface area contributed by atoms with E-state index in [2.05, 4.69) is 15.7 Å². The number of aromatic nitrogens is 2. The summed E-state index contributed by atoms with van der Waals surface area (Å²) in [5.74, 6) is -0.489. The van der Waals surface area contributed by atoms with Gasteiger partial charge in [-0.2, -0.15) is 5.10 Å². The third-order valence-corrected chi connectivity index (χ3v) is 3.17. The Labute approximate surface area is 124 Å². The van der Waals surface area contributed by atoms with Gasteiger partial charge in [0.1, 0.15) is 0 Å². The lowest BCUT2D eigenvalue weighted by Gasteiger charge is -2.18. The van der Waals surface area contributed by atoms with Crippen molar-refractivity contribution in [3.63, 3.8) is 0 Å². The highest BCUT2D eigenvalue weighted by Gasteiger charge is 2.16. The largest absolute Gasteiger partial charge is 0.481 e. The first kappa shape index (κ1) is 17.0. The molecule has 0 spiro atoms. The molecule has 0 saturated heterocycles. The van der Waals surface area contributed by atoms with Gasteiger partial charge in [0.05, 0.1) is 12.2 Å². The normalized spacial score (nSPS) is 12.2. The predicted octanol–water partition coefficient (Wildman–Crippen LogP) is 1.36. The van der Waals surface area contributed by atoms with Crippen LogP contribution in [0.5, 0.6) is 0 Å². The van der Waals surface area contributed by atoms with Crippen LogP contribution in [0, 0.1) is 11.8 Å². The molecule has 0 fully saturated rings. The minimum absolute atomic E-state index is 0.0510. The number of hydrogen-bond acceptors (Lipinski definition) is 3. The lowest BCUT2D eigenvalue weighted by atomic mass is 9.94. The van der Waals surface area contributed by atoms with E-state index < -0.39 is 5.97 Å². The summed E-state index contributed by atoms with van der Waals surface area (Å²) >= 11 is 0. The van der Waals surface area contributed by atoms with Crippen molar-refractivity contribution in [2.24, 2.45) is 18.9 Å². The molecule has 1 aromatic heterocycles. The average molecular weight is 296 g/mol. The van der Waals surface area contributed by atoms with E-state index in [9.17, 15) is 9.59 Å². The maximum atomic E-state index is 11.7. The van der Waals surface area contributed by atoms with Crippen molar-refractivity contribution >= 4 is 12.0 Å². The van der Waals surface area contributed by atoms with Gasteiger partial charge in [-0.05, 0) is 24.3 Å². The molecule has 7 heteroatoms. The van der Waals surface area contributed by atoms with Gasteiger partial charge < -0.3 is 15.7 Å². The minimum atomic E-state index is -0.835. The number of carbonyl (C=O) groups excluding carboxylic acids is 1. The van der Waals surface area contributed by atoms with E-state index in [1.165, 1.54) is 0 Å². The molecule has 1 atom stereocenters. The van der Waals surface area contributed by atoms with Crippen molar-refractivity contribution in [3.05, 3.63) is 18.0 Å². The number of rotatable bonds is 8. The second-order valence-corrected chi connectivity index (χ2v) is 5.60. The molecule has 0 aliphatic carbocycles. The molecule has 0 saturated carbocycles. The standard InChI is InChI=1S/C14H24N4O3/c1-10(2)6-11(7-13(19)20)8-15-14(21)16-9-12-4-5-17-18(12)3/h4-5,10-11H,6-9H2,1-3H3,(H,19,20)(H2,15,16,21). The number of carbonyl (C=O) groups is 2. The maximum Gasteiger partial charge on any atom is 0.315 e. The van der Waals surface area contributed by atoms with Gasteiger partial charge in [0.15, 0.2) is 0 Å². The fourth-order valence-corrected chi connectivity index (χ4v) is 2.20. The van der Waals surface area contributed by atoms with E-state index in [-0.39, 0.29) is 18.4 Å². The van der Waals surface area contributed by atoms with E-state index in [4.69, 9.17) is 5.11 Å². The van der Waals surface area contributed by atoms with Crippen LogP contribution in [0.4, 0.5) is 4.79 Å². The van der Waals surface area contributed by atoms with Crippen LogP contribution in [0.2, 0.25) is 0 Å². The van der Waals surface area contributed by atoms with Crippen molar-refractivity contribution in [2.75, 3.05) is 6.54 Å². The highest BCUT2D eigenvalue weighted by atomic mass is 16.4. The first-order valence-corrected chi connectivity index (χ1v) is 7.08. The van der Waals surface area contributed by atoms with Crippen LogP contribution in [-0.4, -0.2) is 33.4 Å². The summed E-state index contributed by atoms with van der Waals surface area (Å²) in [5, 5.41) is 18.4. The third kappa shape index (κ3) is 6.78. The van der Waals surface area contributed by atoms with Gasteiger partial charge in [-0.3, -0.25) is 9.48 Å². The summed E-state index contributed by atoms with van der Waals surface area (Å²) in [6.45, 7) is 4.83. The molecule has 1 rings (SSSR count). The quantitative estimate of drug-likeness (QED) is 0.675. The fraction of sp³-hybridized carbons (Fsp3) is 0.643. The van der Waals surface area contributed by atoms with Crippen LogP contribution < -0.4 is 10.6 Å². The maximum absolute atomic E-state index is 11.7. The molecule has 0 radical (unpaired) electrons. The van der Waals surface area contributed by atoms with E-state index in [0.29, 0.717) is 19.0 Å². The van der Waals surface area contributed by atoms with Gasteiger partial charge >= 0.3 is 12.0 Å². The second kappa shape index (κ2) is 8.28. The smallest absolute Gasteiger partial charge is 0.315 e. The molecule has 7 nitrogen and oxygen atoms in total. The summed E-state index contributed by atoms with van der Waals surface area (Å²) in [4.78, 5) is 22.5. The van der Waals surface area contributed by atoms with Crippen LogP contribution in [0.15, 0.2) is 12.3 Å². The molecule has 1 unspecified atom stereocenters. The molecule has 118 valence electrons. The lowest BCUT2D eigenvalue weighted by molar-refractivity contribution is -0.138. The Morgan fingerprint density at radius 1 is 1.38 bits per heavy atom. The Bertz CT molecular complexity index is 471. The van der Waals surface area contributed by atoms with Gasteiger partial charge in [0.25, 0.3) is 0 Å². The molecule has 0 aromatic carbocycles. The Morgan fingerprint density at radius 2 is 2.10 bits per heavy atom. The Balaban J connectivity index is 2.35. The van der Waals surface area contributed by atoms with Gasteiger partial charge in [-0.1, -0.05) is 13.8 Å². The summed E-state index contributed by atoms with van der Waals surface area (Å²) in [5.41, 5.74) is 0.898. The Morgan fingerprint density at radius 3 is 2.62 bits per heavy atom. The van der Waals surface area contributed by atoms with Crippen LogP contribution in [0.25, 0.3) is 0 Å². The third-order valence-electron chi connectivity index (χ3n) is 3.17. The molecule has 3 N–H and O–H groups in total. The van der Waals surface area contributed by atoms with Crippen LogP contribution >= 0.6 is 0 Å². The number of carboxylic acid groups (broad SMARTS) is 1. The summed E-state index contributed by atoms with van der Waals surface area (Å²) in [6.07, 6.45) is 2.51. The van der Waals surface area contributed by atoms with Gasteiger partial charge in [-0.25, -0.2) is 4.79 Å². The van der Waals surface area contributed by atoms with Crippen LogP contribution in [-0.2, 0) is 18.4 Å². The number of amides is 2. The summed E-state index contributed by atoms with van der Waals surface area (Å²) in [7, 11) is 1.81. The van der Waals surface area contributed by atoms with Crippen LogP contribution in [0.3, 0.4) is 0 Å². The van der Waals surface area contributed by atoms with Crippen molar-refractivity contribution in [1.82, 2.24) is 20.4 Å². The second-order valence-electron chi connectivity index (χ2n) is 5.60. The molecule has 1 aromatic rings. The number of aliphatic carboxylic acids is 1. The molecule has 0 aliphatic rings. The zero-order chi connectivity index (χ0) is 15.8. The number of aryl methyl sites for hydroxylation is 1. The number of urea groups is 1. The average Bonchev–Trinajstić information content (AvgIpc) is 2.77. The molecule has 0 aliphatic heterocycles. The highest BCUT2D eigenvalue weighted by molar-refractivity contribution is 5.74. The first-order chi connectivity index (χ1) is 9.88. The van der Waals surface area contributed by atoms with E-state index in [1.807, 2.05) is 19.9 Å². The van der Waals surface area contributed by atoms with E-state index in [0.717, 1.165) is 12.1 Å². The van der Waals surface area contributed by atoms with Gasteiger partial charge in [0.2, 0.25) is 0 Å². The van der Waals surface area contributed by atoms with E-state index in [1.54, 1.807) is 17.9 Å². The molecular weight excluding hydrogens is 272 g/mol. The Hall–Kier alpha value is -2.05. The minimum Gasteiger partial charge on any atom is -0.481 e. The first-order valence-electron chi connectivity index (χ1n) is 7.08. The van der Waals surface area contributed by atoms with Crippen molar-refractivity contribution < 1.29 is 14.7 Å². The number of carboxylic acids is 1. The Kier molecular flexibility index (Phi) is 6.71. The monoisotopic (exact) mass is 296 g/mol. The zero-order valence-electron chi connectivity index (χ0n) is 12.8. The zero-order valence-corrected chi connectivity index (χ0v) is 12.8. The highest BCUT2D eigenvalue weighted by Crippen LogP contribution is 2.14. The fourth-order valence-electron chi connectivity index (χ4n) is 2.20. The number of nitrogens with one attached hydrogen (secondary N) is 2. The summed E-state index contributed by atoms with van der Waals surface area (Å²) < 4.78 is 1.69. The lowest BCUT2D eigenvalue weighted by Crippen LogP contribution is -2.38. The molecule has 21 heavy (non-hydrogen) atoms. The number of hydrogen-bond donors (Lipinski definition) is 3. The van der Waals surface area contributed by atoms with Crippen molar-refractivity contribution in [1.29, 1.82) is 0 Å². The molecule has 1 heterocycles. The number of nitrogens with zero attached hydrogens (tertiary/aromatic N) is 2.